The van der Waals surface area contributed by atoms with Crippen LogP contribution in [0.4, 0.5) is 5.69 Å². The second-order valence-electron chi connectivity index (χ2n) is 4.47. The summed E-state index contributed by atoms with van der Waals surface area (Å²) in [6.45, 7) is 3.78. The lowest BCUT2D eigenvalue weighted by Gasteiger charge is -2.24. The zero-order valence-corrected chi connectivity index (χ0v) is 10.8. The van der Waals surface area contributed by atoms with Crippen LogP contribution in [0.3, 0.4) is 0 Å². The molecule has 4 heteroatoms. The minimum atomic E-state index is -0.128. The van der Waals surface area contributed by atoms with E-state index in [9.17, 15) is 4.79 Å². The van der Waals surface area contributed by atoms with Crippen molar-refractivity contribution < 1.29 is 9.53 Å². The molecule has 0 aliphatic carbocycles. The lowest BCUT2D eigenvalue weighted by atomic mass is 10.1. The van der Waals surface area contributed by atoms with Crippen LogP contribution in [0.25, 0.3) is 0 Å². The van der Waals surface area contributed by atoms with Gasteiger partial charge in [0.2, 0.25) is 0 Å². The highest BCUT2D eigenvalue weighted by molar-refractivity contribution is 5.69. The van der Waals surface area contributed by atoms with E-state index < -0.39 is 0 Å². The Hall–Kier alpha value is -1.55. The van der Waals surface area contributed by atoms with E-state index in [0.717, 1.165) is 32.6 Å². The molecule has 1 aliphatic heterocycles. The molecule has 0 aromatic heterocycles. The number of rotatable bonds is 4. The van der Waals surface area contributed by atoms with Crippen LogP contribution < -0.4 is 10.2 Å². The molecule has 0 saturated carbocycles. The number of nitrogens with zero attached hydrogens (tertiary/aromatic N) is 1. The third kappa shape index (κ3) is 3.23. The molecule has 0 amide bonds. The number of carbonyl (C=O) groups is 1. The van der Waals surface area contributed by atoms with E-state index in [1.165, 1.54) is 18.4 Å². The van der Waals surface area contributed by atoms with Gasteiger partial charge in [0.25, 0.3) is 0 Å². The average Bonchev–Trinajstić information content (AvgIpc) is 2.61. The van der Waals surface area contributed by atoms with E-state index in [1.807, 2.05) is 0 Å². The molecule has 0 bridgehead atoms. The number of ether oxygens (including phenoxy) is 1. The van der Waals surface area contributed by atoms with Crippen molar-refractivity contribution in [2.24, 2.45) is 0 Å². The van der Waals surface area contributed by atoms with E-state index in [1.54, 1.807) is 0 Å². The number of hydrogen-bond acceptors (Lipinski definition) is 4. The maximum Gasteiger partial charge on any atom is 0.305 e. The Balaban J connectivity index is 1.97. The number of carbonyl (C=O) groups excluding carboxylic acids is 1. The largest absolute Gasteiger partial charge is 0.469 e. The Morgan fingerprint density at radius 1 is 1.44 bits per heavy atom. The highest BCUT2D eigenvalue weighted by Crippen LogP contribution is 2.22. The van der Waals surface area contributed by atoms with Crippen molar-refractivity contribution in [2.75, 3.05) is 31.6 Å². The molecule has 0 radical (unpaired) electrons. The van der Waals surface area contributed by atoms with Gasteiger partial charge in [-0.1, -0.05) is 18.2 Å². The number of nitrogens with one attached hydrogen (secondary N) is 1. The second-order valence-corrected chi connectivity index (χ2v) is 4.47. The van der Waals surface area contributed by atoms with Crippen molar-refractivity contribution >= 4 is 11.7 Å². The Labute approximate surface area is 108 Å². The summed E-state index contributed by atoms with van der Waals surface area (Å²) >= 11 is 0. The monoisotopic (exact) mass is 248 g/mol. The standard InChI is InChI=1S/C14H20N2O2/c1-18-14(17)7-4-9-16-10-8-15-11-12-5-2-3-6-13(12)16/h2-3,5-6,15H,4,7-11H2,1H3. The molecule has 1 aromatic rings. The number of esters is 1. The summed E-state index contributed by atoms with van der Waals surface area (Å²) in [6, 6.07) is 8.44. The van der Waals surface area contributed by atoms with E-state index in [0.29, 0.717) is 6.42 Å². The first-order valence-electron chi connectivity index (χ1n) is 6.41. The molecule has 0 atom stereocenters. The average molecular weight is 248 g/mol. The Bertz CT molecular complexity index is 407. The first-order chi connectivity index (χ1) is 8.81. The van der Waals surface area contributed by atoms with Crippen molar-refractivity contribution in [1.82, 2.24) is 5.32 Å². The third-order valence-corrected chi connectivity index (χ3v) is 3.24. The molecule has 0 spiro atoms. The van der Waals surface area contributed by atoms with E-state index in [-0.39, 0.29) is 5.97 Å². The molecule has 18 heavy (non-hydrogen) atoms. The van der Waals surface area contributed by atoms with Crippen LogP contribution in [-0.2, 0) is 16.1 Å². The van der Waals surface area contributed by atoms with Crippen LogP contribution in [0, 0.1) is 0 Å². The Morgan fingerprint density at radius 3 is 3.11 bits per heavy atom. The fourth-order valence-electron chi connectivity index (χ4n) is 2.27. The fraction of sp³-hybridized carbons (Fsp3) is 0.500. The minimum Gasteiger partial charge on any atom is -0.469 e. The lowest BCUT2D eigenvalue weighted by Crippen LogP contribution is -2.30. The van der Waals surface area contributed by atoms with Crippen LogP contribution in [0.15, 0.2) is 24.3 Å². The second kappa shape index (κ2) is 6.40. The first kappa shape index (κ1) is 12.9. The molecule has 98 valence electrons. The van der Waals surface area contributed by atoms with Crippen molar-refractivity contribution in [3.05, 3.63) is 29.8 Å². The fourth-order valence-corrected chi connectivity index (χ4v) is 2.27. The molecule has 1 aliphatic rings. The van der Waals surface area contributed by atoms with E-state index >= 15 is 0 Å². The molecule has 1 aromatic carbocycles. The van der Waals surface area contributed by atoms with Crippen molar-refractivity contribution in [3.8, 4) is 0 Å². The van der Waals surface area contributed by atoms with Crippen LogP contribution in [-0.4, -0.2) is 32.7 Å². The number of benzene rings is 1. The maximum atomic E-state index is 11.1. The predicted molar refractivity (Wildman–Crippen MR) is 71.6 cm³/mol. The smallest absolute Gasteiger partial charge is 0.305 e. The summed E-state index contributed by atoms with van der Waals surface area (Å²) in [4.78, 5) is 13.5. The summed E-state index contributed by atoms with van der Waals surface area (Å²) < 4.78 is 4.66. The molecule has 0 saturated heterocycles. The highest BCUT2D eigenvalue weighted by atomic mass is 16.5. The number of methoxy groups -OCH3 is 1. The van der Waals surface area contributed by atoms with Crippen LogP contribution in [0.1, 0.15) is 18.4 Å². The summed E-state index contributed by atoms with van der Waals surface area (Å²) in [5, 5.41) is 3.41. The molecule has 1 N–H and O–H groups in total. The molecular formula is C14H20N2O2. The van der Waals surface area contributed by atoms with Gasteiger partial charge < -0.3 is 15.0 Å². The number of para-hydroxylation sites is 1. The summed E-state index contributed by atoms with van der Waals surface area (Å²) in [5.41, 5.74) is 2.61. The van der Waals surface area contributed by atoms with Gasteiger partial charge in [-0.15, -0.1) is 0 Å². The normalized spacial score (nSPS) is 14.8. The summed E-state index contributed by atoms with van der Waals surface area (Å²) in [5.74, 6) is -0.128. The number of hydrogen-bond donors (Lipinski definition) is 1. The van der Waals surface area contributed by atoms with E-state index in [2.05, 4.69) is 39.2 Å². The highest BCUT2D eigenvalue weighted by Gasteiger charge is 2.14. The van der Waals surface area contributed by atoms with Gasteiger partial charge in [0, 0.05) is 38.3 Å². The van der Waals surface area contributed by atoms with E-state index in [4.69, 9.17) is 0 Å². The molecule has 1 heterocycles. The molecule has 2 rings (SSSR count). The zero-order valence-electron chi connectivity index (χ0n) is 10.8. The lowest BCUT2D eigenvalue weighted by molar-refractivity contribution is -0.140. The Kier molecular flexibility index (Phi) is 4.59. The Morgan fingerprint density at radius 2 is 2.28 bits per heavy atom. The molecule has 0 unspecified atom stereocenters. The maximum absolute atomic E-state index is 11.1. The van der Waals surface area contributed by atoms with Crippen LogP contribution in [0.5, 0.6) is 0 Å². The van der Waals surface area contributed by atoms with Crippen molar-refractivity contribution in [1.29, 1.82) is 0 Å². The molecular weight excluding hydrogens is 228 g/mol. The number of fused-ring (bicyclic) bond motifs is 1. The van der Waals surface area contributed by atoms with Gasteiger partial charge in [0.15, 0.2) is 0 Å². The molecule has 0 fully saturated rings. The number of anilines is 1. The van der Waals surface area contributed by atoms with Crippen LogP contribution >= 0.6 is 0 Å². The predicted octanol–water partition coefficient (Wildman–Crippen LogP) is 1.55. The SMILES string of the molecule is COC(=O)CCCN1CCNCc2ccccc21. The van der Waals surface area contributed by atoms with Gasteiger partial charge in [0.1, 0.15) is 0 Å². The minimum absolute atomic E-state index is 0.128. The van der Waals surface area contributed by atoms with Gasteiger partial charge in [-0.05, 0) is 18.1 Å². The van der Waals surface area contributed by atoms with Gasteiger partial charge >= 0.3 is 5.97 Å². The van der Waals surface area contributed by atoms with Gasteiger partial charge in [0.05, 0.1) is 7.11 Å². The third-order valence-electron chi connectivity index (χ3n) is 3.24. The van der Waals surface area contributed by atoms with Gasteiger partial charge in [-0.3, -0.25) is 4.79 Å². The summed E-state index contributed by atoms with van der Waals surface area (Å²) in [6.07, 6.45) is 1.32. The van der Waals surface area contributed by atoms with Crippen LogP contribution in [0.2, 0.25) is 0 Å². The van der Waals surface area contributed by atoms with Crippen molar-refractivity contribution in [3.63, 3.8) is 0 Å². The first-order valence-corrected chi connectivity index (χ1v) is 6.41. The topological polar surface area (TPSA) is 41.6 Å². The molecule has 4 nitrogen and oxygen atoms in total. The zero-order chi connectivity index (χ0) is 12.8. The summed E-state index contributed by atoms with van der Waals surface area (Å²) in [7, 11) is 1.44. The van der Waals surface area contributed by atoms with Gasteiger partial charge in [-0.25, -0.2) is 0 Å². The van der Waals surface area contributed by atoms with Gasteiger partial charge in [-0.2, -0.15) is 0 Å². The quantitative estimate of drug-likeness (QED) is 0.821. The van der Waals surface area contributed by atoms with Crippen molar-refractivity contribution in [2.45, 2.75) is 19.4 Å².